The van der Waals surface area contributed by atoms with Gasteiger partial charge in [-0.1, -0.05) is 12.0 Å². The number of carbonyl (C=O) groups is 2. The van der Waals surface area contributed by atoms with Crippen molar-refractivity contribution in [3.63, 3.8) is 0 Å². The maximum absolute atomic E-state index is 12.8. The number of ether oxygens (including phenoxy) is 2. The summed E-state index contributed by atoms with van der Waals surface area (Å²) in [5.74, 6) is 5.90. The van der Waals surface area contributed by atoms with Crippen molar-refractivity contribution in [3.8, 4) is 11.8 Å². The molecule has 0 unspecified atom stereocenters. The minimum absolute atomic E-state index is 0.138. The lowest BCUT2D eigenvalue weighted by molar-refractivity contribution is 0.0141. The van der Waals surface area contributed by atoms with Crippen molar-refractivity contribution in [2.45, 2.75) is 73.1 Å². The molecule has 27 heavy (non-hydrogen) atoms. The van der Waals surface area contributed by atoms with Gasteiger partial charge in [0.25, 0.3) is 0 Å². The molecule has 0 saturated heterocycles. The van der Waals surface area contributed by atoms with Gasteiger partial charge in [-0.05, 0) is 61.5 Å². The van der Waals surface area contributed by atoms with E-state index >= 15 is 0 Å². The van der Waals surface area contributed by atoms with Crippen molar-refractivity contribution < 1.29 is 19.1 Å². The molecule has 0 N–H and O–H groups in total. The van der Waals surface area contributed by atoms with Crippen LogP contribution in [0.15, 0.2) is 0 Å². The fourth-order valence-corrected chi connectivity index (χ4v) is 2.56. The number of amides is 2. The monoisotopic (exact) mass is 370 g/mol. The van der Waals surface area contributed by atoms with Crippen molar-refractivity contribution in [3.05, 3.63) is 28.8 Å². The van der Waals surface area contributed by atoms with Crippen LogP contribution >= 0.6 is 0 Å². The molecular weight excluding hydrogens is 344 g/mol. The van der Waals surface area contributed by atoms with Gasteiger partial charge < -0.3 is 9.47 Å². The highest BCUT2D eigenvalue weighted by Gasteiger charge is 2.41. The zero-order valence-corrected chi connectivity index (χ0v) is 17.2. The van der Waals surface area contributed by atoms with Gasteiger partial charge >= 0.3 is 12.2 Å². The maximum atomic E-state index is 12.8. The number of hydrazine groups is 1. The van der Waals surface area contributed by atoms with Gasteiger partial charge in [0.05, 0.1) is 6.54 Å². The Kier molecular flexibility index (Phi) is 5.33. The molecule has 1 aliphatic heterocycles. The van der Waals surface area contributed by atoms with E-state index in [2.05, 4.69) is 24.0 Å². The number of carbonyl (C=O) groups excluding carboxylic acids is 2. The maximum Gasteiger partial charge on any atom is 0.434 e. The molecular formula is C21H26N2O4. The lowest BCUT2D eigenvalue weighted by atomic mass is 10.0. The number of hydrogen-bond donors (Lipinski definition) is 0. The molecule has 6 nitrogen and oxygen atoms in total. The molecule has 144 valence electrons. The molecule has 1 heterocycles. The van der Waals surface area contributed by atoms with Crippen molar-refractivity contribution in [1.29, 1.82) is 0 Å². The summed E-state index contributed by atoms with van der Waals surface area (Å²) in [7, 11) is 0. The van der Waals surface area contributed by atoms with E-state index in [1.807, 2.05) is 6.92 Å². The van der Waals surface area contributed by atoms with Crippen LogP contribution in [0.25, 0.3) is 0 Å². The zero-order valence-electron chi connectivity index (χ0n) is 17.2. The quantitative estimate of drug-likeness (QED) is 0.636. The van der Waals surface area contributed by atoms with Crippen LogP contribution in [-0.4, -0.2) is 28.4 Å². The van der Waals surface area contributed by atoms with Gasteiger partial charge in [0.1, 0.15) is 16.9 Å². The number of rotatable bonds is 0. The predicted octanol–water partition coefficient (Wildman–Crippen LogP) is 4.37. The highest BCUT2D eigenvalue weighted by Crippen LogP contribution is 2.35. The first-order valence-electron chi connectivity index (χ1n) is 8.77. The van der Waals surface area contributed by atoms with Crippen molar-refractivity contribution in [2.24, 2.45) is 0 Å². The van der Waals surface area contributed by atoms with E-state index in [1.54, 1.807) is 48.5 Å². The van der Waals surface area contributed by atoms with Gasteiger partial charge in [0.2, 0.25) is 0 Å². The van der Waals surface area contributed by atoms with E-state index in [0.29, 0.717) is 5.69 Å². The second-order valence-corrected chi connectivity index (χ2v) is 8.28. The van der Waals surface area contributed by atoms with Gasteiger partial charge in [-0.3, -0.25) is 0 Å². The van der Waals surface area contributed by atoms with E-state index in [4.69, 9.17) is 9.47 Å². The summed E-state index contributed by atoms with van der Waals surface area (Å²) in [6.45, 7) is 14.3. The van der Waals surface area contributed by atoms with Crippen LogP contribution in [0.5, 0.6) is 0 Å². The number of nitrogens with zero attached hydrogens (tertiary/aromatic N) is 2. The average Bonchev–Trinajstić information content (AvgIpc) is 2.86. The average molecular weight is 370 g/mol. The van der Waals surface area contributed by atoms with Gasteiger partial charge in [-0.25, -0.2) is 14.6 Å². The molecule has 0 fully saturated rings. The first-order chi connectivity index (χ1) is 12.3. The lowest BCUT2D eigenvalue weighted by Crippen LogP contribution is -2.49. The van der Waals surface area contributed by atoms with Crippen LogP contribution in [-0.2, 0) is 16.0 Å². The third-order valence-corrected chi connectivity index (χ3v) is 3.51. The predicted molar refractivity (Wildman–Crippen MR) is 102 cm³/mol. The minimum Gasteiger partial charge on any atom is -0.442 e. The SMILES string of the molecule is CC#Cc1c(C)c#cc2c1CN(C(=O)OC(C)(C)C)N2C(=O)OC(C)(C)C. The van der Waals surface area contributed by atoms with Crippen LogP contribution < -0.4 is 5.01 Å². The van der Waals surface area contributed by atoms with Crippen LogP contribution in [0.2, 0.25) is 0 Å². The molecule has 1 aliphatic rings. The molecule has 0 aliphatic carbocycles. The number of anilines is 1. The zero-order chi connectivity index (χ0) is 20.6. The van der Waals surface area contributed by atoms with Crippen molar-refractivity contribution >= 4 is 17.9 Å². The second kappa shape index (κ2) is 7.04. The van der Waals surface area contributed by atoms with E-state index in [9.17, 15) is 9.59 Å². The van der Waals surface area contributed by atoms with E-state index < -0.39 is 23.4 Å². The summed E-state index contributed by atoms with van der Waals surface area (Å²) >= 11 is 0. The lowest BCUT2D eigenvalue weighted by Gasteiger charge is -2.31. The molecule has 0 saturated carbocycles. The van der Waals surface area contributed by atoms with E-state index in [0.717, 1.165) is 21.7 Å². The molecule has 0 atom stereocenters. The van der Waals surface area contributed by atoms with Gasteiger partial charge in [-0.15, -0.1) is 5.92 Å². The van der Waals surface area contributed by atoms with Gasteiger partial charge in [0, 0.05) is 16.7 Å². The van der Waals surface area contributed by atoms with E-state index in [-0.39, 0.29) is 6.54 Å². The Bertz CT molecular complexity index is 820. The minimum atomic E-state index is -0.722. The van der Waals surface area contributed by atoms with Gasteiger partial charge in [-0.2, -0.15) is 5.01 Å². The fourth-order valence-electron chi connectivity index (χ4n) is 2.56. The first-order valence-corrected chi connectivity index (χ1v) is 8.77. The summed E-state index contributed by atoms with van der Waals surface area (Å²) in [5, 5.41) is 2.38. The van der Waals surface area contributed by atoms with Crippen LogP contribution in [0.3, 0.4) is 0 Å². The summed E-state index contributed by atoms with van der Waals surface area (Å²) in [4.78, 5) is 25.6. The van der Waals surface area contributed by atoms with Crippen LogP contribution in [0.1, 0.15) is 65.2 Å². The first kappa shape index (κ1) is 20.5. The fraction of sp³-hybridized carbons (Fsp3) is 0.524. The van der Waals surface area contributed by atoms with Gasteiger partial charge in [0.15, 0.2) is 0 Å². The Morgan fingerprint density at radius 3 is 2.07 bits per heavy atom. The standard InChI is InChI=1S/C21H26N2O4/c1-9-10-15-14(2)11-12-17-16(15)13-22(18(24)26-20(3,4)5)23(17)19(25)27-21(6,7)8/h13H2,1-8H3. The summed E-state index contributed by atoms with van der Waals surface area (Å²) in [6.07, 6.45) is -1.33. The second-order valence-electron chi connectivity index (χ2n) is 8.28. The summed E-state index contributed by atoms with van der Waals surface area (Å²) in [6, 6.07) is 5.95. The molecule has 0 bridgehead atoms. The molecule has 0 aromatic heterocycles. The molecule has 1 aromatic rings. The molecule has 2 amide bonds. The van der Waals surface area contributed by atoms with E-state index in [1.165, 1.54) is 5.01 Å². The number of hydrogen-bond acceptors (Lipinski definition) is 4. The smallest absolute Gasteiger partial charge is 0.434 e. The Morgan fingerprint density at radius 2 is 1.56 bits per heavy atom. The van der Waals surface area contributed by atoms with Crippen molar-refractivity contribution in [1.82, 2.24) is 5.01 Å². The largest absolute Gasteiger partial charge is 0.442 e. The Balaban J connectivity index is 2.53. The molecule has 6 heteroatoms. The molecule has 0 spiro atoms. The third kappa shape index (κ3) is 4.65. The van der Waals surface area contributed by atoms with Crippen LogP contribution in [0, 0.1) is 30.9 Å². The summed E-state index contributed by atoms with van der Waals surface area (Å²) < 4.78 is 11.0. The molecule has 1 aromatic carbocycles. The Morgan fingerprint density at radius 1 is 1.00 bits per heavy atom. The molecule has 0 radical (unpaired) electrons. The Labute approximate surface area is 161 Å². The third-order valence-electron chi connectivity index (χ3n) is 3.51. The summed E-state index contributed by atoms with van der Waals surface area (Å²) in [5.41, 5.74) is 1.23. The van der Waals surface area contributed by atoms with Crippen molar-refractivity contribution in [2.75, 3.05) is 5.01 Å². The highest BCUT2D eigenvalue weighted by molar-refractivity contribution is 5.93. The topological polar surface area (TPSA) is 59.1 Å². The normalized spacial score (nSPS) is 13.3. The Hall–Kier alpha value is -2.86. The van der Waals surface area contributed by atoms with Crippen LogP contribution in [0.4, 0.5) is 15.3 Å². The highest BCUT2D eigenvalue weighted by atomic mass is 16.6. The number of fused-ring (bicyclic) bond motifs is 1. The molecule has 2 rings (SSSR count).